The van der Waals surface area contributed by atoms with E-state index in [0.29, 0.717) is 24.6 Å². The molecule has 33 heavy (non-hydrogen) atoms. The third-order valence-electron chi connectivity index (χ3n) is 5.58. The van der Waals surface area contributed by atoms with Crippen LogP contribution in [0, 0.1) is 11.2 Å². The van der Waals surface area contributed by atoms with Gasteiger partial charge in [-0.25, -0.2) is 9.07 Å². The number of aromatic nitrogens is 2. The first-order valence-corrected chi connectivity index (χ1v) is 10.7. The molecule has 4 rings (SSSR count). The fraction of sp³-hybridized carbons (Fsp3) is 0.240. The van der Waals surface area contributed by atoms with Crippen LogP contribution in [-0.4, -0.2) is 36.3 Å². The Bertz CT molecular complexity index is 1220. The van der Waals surface area contributed by atoms with E-state index in [1.165, 1.54) is 30.1 Å². The SMILES string of the molecule is COc1cn(-c2ccc(C3CCOCC3)cc2F)nc(/C(=C/C=N)Nc2ccccc2)c1=O. The second kappa shape index (κ2) is 10.2. The normalized spacial score (nSPS) is 14.7. The summed E-state index contributed by atoms with van der Waals surface area (Å²) in [6.07, 6.45) is 5.55. The Balaban J connectivity index is 1.75. The summed E-state index contributed by atoms with van der Waals surface area (Å²) < 4.78 is 27.1. The molecule has 2 aromatic carbocycles. The highest BCUT2D eigenvalue weighted by atomic mass is 19.1. The molecule has 1 saturated heterocycles. The number of ether oxygens (including phenoxy) is 2. The lowest BCUT2D eigenvalue weighted by atomic mass is 9.91. The van der Waals surface area contributed by atoms with Crippen LogP contribution in [0.4, 0.5) is 10.1 Å². The molecule has 3 aromatic rings. The maximum Gasteiger partial charge on any atom is 0.251 e. The van der Waals surface area contributed by atoms with Crippen LogP contribution >= 0.6 is 0 Å². The van der Waals surface area contributed by atoms with E-state index in [4.69, 9.17) is 14.9 Å². The largest absolute Gasteiger partial charge is 0.491 e. The van der Waals surface area contributed by atoms with Gasteiger partial charge < -0.3 is 20.2 Å². The summed E-state index contributed by atoms with van der Waals surface area (Å²) in [7, 11) is 1.38. The monoisotopic (exact) mass is 448 g/mol. The molecule has 1 aliphatic heterocycles. The van der Waals surface area contributed by atoms with Gasteiger partial charge in [-0.05, 0) is 54.7 Å². The van der Waals surface area contributed by atoms with Crippen molar-refractivity contribution in [3.63, 3.8) is 0 Å². The van der Waals surface area contributed by atoms with E-state index in [-0.39, 0.29) is 23.0 Å². The van der Waals surface area contributed by atoms with Crippen molar-refractivity contribution < 1.29 is 13.9 Å². The van der Waals surface area contributed by atoms with Gasteiger partial charge in [-0.1, -0.05) is 24.3 Å². The van der Waals surface area contributed by atoms with E-state index in [1.54, 1.807) is 6.07 Å². The number of nitrogens with zero attached hydrogens (tertiary/aromatic N) is 2. The zero-order chi connectivity index (χ0) is 23.2. The van der Waals surface area contributed by atoms with Crippen LogP contribution in [0.3, 0.4) is 0 Å². The molecule has 0 atom stereocenters. The lowest BCUT2D eigenvalue weighted by molar-refractivity contribution is 0.0853. The molecule has 0 saturated carbocycles. The highest BCUT2D eigenvalue weighted by Crippen LogP contribution is 2.29. The van der Waals surface area contributed by atoms with Crippen LogP contribution in [0.15, 0.2) is 65.6 Å². The first-order valence-electron chi connectivity index (χ1n) is 10.7. The van der Waals surface area contributed by atoms with E-state index < -0.39 is 11.2 Å². The average molecular weight is 448 g/mol. The summed E-state index contributed by atoms with van der Waals surface area (Å²) in [6, 6.07) is 14.3. The molecule has 1 fully saturated rings. The fourth-order valence-corrected chi connectivity index (χ4v) is 3.85. The maximum absolute atomic E-state index is 15.2. The van der Waals surface area contributed by atoms with Gasteiger partial charge >= 0.3 is 0 Å². The van der Waals surface area contributed by atoms with Crippen LogP contribution in [0.1, 0.15) is 30.0 Å². The minimum Gasteiger partial charge on any atom is -0.491 e. The van der Waals surface area contributed by atoms with Gasteiger partial charge in [0.15, 0.2) is 11.4 Å². The lowest BCUT2D eigenvalue weighted by Gasteiger charge is -2.23. The first-order chi connectivity index (χ1) is 16.1. The molecule has 8 heteroatoms. The van der Waals surface area contributed by atoms with Crippen molar-refractivity contribution in [3.05, 3.63) is 88.1 Å². The predicted molar refractivity (Wildman–Crippen MR) is 126 cm³/mol. The third kappa shape index (κ3) is 5.01. The van der Waals surface area contributed by atoms with Gasteiger partial charge in [0, 0.05) is 25.1 Å². The number of rotatable bonds is 7. The highest BCUT2D eigenvalue weighted by molar-refractivity contribution is 5.87. The number of benzene rings is 2. The molecular formula is C25H25FN4O3. The molecule has 0 bridgehead atoms. The third-order valence-corrected chi connectivity index (χ3v) is 5.58. The Kier molecular flexibility index (Phi) is 6.95. The van der Waals surface area contributed by atoms with Gasteiger partial charge in [-0.2, -0.15) is 5.10 Å². The van der Waals surface area contributed by atoms with Gasteiger partial charge in [0.25, 0.3) is 5.43 Å². The molecule has 0 aliphatic carbocycles. The summed E-state index contributed by atoms with van der Waals surface area (Å²) in [6.45, 7) is 1.35. The molecular weight excluding hydrogens is 423 g/mol. The molecule has 0 unspecified atom stereocenters. The standard InChI is InChI=1S/C25H25FN4O3/c1-32-23-16-30(22-8-7-18(15-20(22)26)17-10-13-33-14-11-17)29-24(25(23)31)21(9-12-27)28-19-5-3-2-4-6-19/h2-9,12,15-17,27-28H,10-11,13-14H2,1H3/b21-9-,27-12?. The summed E-state index contributed by atoms with van der Waals surface area (Å²) in [5.41, 5.74) is 1.67. The van der Waals surface area contributed by atoms with Gasteiger partial charge in [0.05, 0.1) is 19.0 Å². The average Bonchev–Trinajstić information content (AvgIpc) is 2.85. The van der Waals surface area contributed by atoms with E-state index >= 15 is 4.39 Å². The minimum absolute atomic E-state index is 0.00890. The zero-order valence-corrected chi connectivity index (χ0v) is 18.3. The Hall–Kier alpha value is -3.78. The minimum atomic E-state index is -0.468. The topological polar surface area (TPSA) is 89.2 Å². The van der Waals surface area contributed by atoms with E-state index in [0.717, 1.165) is 24.6 Å². The number of para-hydroxylation sites is 1. The molecule has 2 N–H and O–H groups in total. The van der Waals surface area contributed by atoms with E-state index in [2.05, 4.69) is 10.4 Å². The molecule has 1 aromatic heterocycles. The Labute approximate surface area is 191 Å². The number of hydrogen-bond acceptors (Lipinski definition) is 6. The summed E-state index contributed by atoms with van der Waals surface area (Å²) >= 11 is 0. The maximum atomic E-state index is 15.2. The Morgan fingerprint density at radius 3 is 2.67 bits per heavy atom. The van der Waals surface area contributed by atoms with Gasteiger partial charge in [-0.15, -0.1) is 0 Å². The van der Waals surface area contributed by atoms with Gasteiger partial charge in [-0.3, -0.25) is 4.79 Å². The molecule has 0 radical (unpaired) electrons. The number of nitrogens with one attached hydrogen (secondary N) is 2. The number of allylic oxidation sites excluding steroid dienone is 1. The second-order valence-electron chi connectivity index (χ2n) is 7.66. The van der Waals surface area contributed by atoms with E-state index in [9.17, 15) is 4.79 Å². The van der Waals surface area contributed by atoms with Crippen LogP contribution in [0.5, 0.6) is 5.75 Å². The van der Waals surface area contributed by atoms with Crippen LogP contribution in [0.2, 0.25) is 0 Å². The van der Waals surface area contributed by atoms with Crippen molar-refractivity contribution in [2.75, 3.05) is 25.6 Å². The summed E-state index contributed by atoms with van der Waals surface area (Å²) in [5.74, 6) is -0.179. The molecule has 1 aliphatic rings. The molecule has 7 nitrogen and oxygen atoms in total. The first kappa shape index (κ1) is 22.4. The van der Waals surface area contributed by atoms with Gasteiger partial charge in [0.2, 0.25) is 0 Å². The highest BCUT2D eigenvalue weighted by Gasteiger charge is 2.20. The van der Waals surface area contributed by atoms with Crippen LogP contribution in [-0.2, 0) is 4.74 Å². The quantitative estimate of drug-likeness (QED) is 0.524. The second-order valence-corrected chi connectivity index (χ2v) is 7.66. The van der Waals surface area contributed by atoms with Crippen molar-refractivity contribution in [2.24, 2.45) is 0 Å². The Morgan fingerprint density at radius 2 is 2.00 bits per heavy atom. The van der Waals surface area contributed by atoms with Crippen LogP contribution < -0.4 is 15.5 Å². The number of methoxy groups -OCH3 is 1. The Morgan fingerprint density at radius 1 is 1.24 bits per heavy atom. The van der Waals surface area contributed by atoms with Crippen molar-refractivity contribution in [1.82, 2.24) is 9.78 Å². The predicted octanol–water partition coefficient (Wildman–Crippen LogP) is 4.38. The fourth-order valence-electron chi connectivity index (χ4n) is 3.85. The van der Waals surface area contributed by atoms with Crippen molar-refractivity contribution in [1.29, 1.82) is 5.41 Å². The van der Waals surface area contributed by atoms with E-state index in [1.807, 2.05) is 36.4 Å². The number of hydrogen-bond donors (Lipinski definition) is 2. The van der Waals surface area contributed by atoms with Crippen molar-refractivity contribution in [2.45, 2.75) is 18.8 Å². The van der Waals surface area contributed by atoms with Crippen molar-refractivity contribution >= 4 is 17.6 Å². The number of anilines is 1. The number of halogens is 1. The molecule has 170 valence electrons. The summed E-state index contributed by atoms with van der Waals surface area (Å²) in [4.78, 5) is 13.0. The molecule has 2 heterocycles. The lowest BCUT2D eigenvalue weighted by Crippen LogP contribution is -2.21. The smallest absolute Gasteiger partial charge is 0.251 e. The van der Waals surface area contributed by atoms with Crippen molar-refractivity contribution in [3.8, 4) is 11.4 Å². The zero-order valence-electron chi connectivity index (χ0n) is 18.3. The van der Waals surface area contributed by atoms with Crippen LogP contribution in [0.25, 0.3) is 11.4 Å². The molecule has 0 spiro atoms. The van der Waals surface area contributed by atoms with Gasteiger partial charge in [0.1, 0.15) is 11.5 Å². The summed E-state index contributed by atoms with van der Waals surface area (Å²) in [5, 5.41) is 15.0. The molecule has 0 amide bonds.